The van der Waals surface area contributed by atoms with E-state index in [2.05, 4.69) is 20.8 Å². The van der Waals surface area contributed by atoms with Gasteiger partial charge in [0.1, 0.15) is 0 Å². The fraction of sp³-hybridized carbons (Fsp3) is 1.00. The molecule has 2 atom stereocenters. The van der Waals surface area contributed by atoms with Crippen molar-refractivity contribution in [2.24, 2.45) is 5.92 Å². The van der Waals surface area contributed by atoms with E-state index in [-0.39, 0.29) is 6.10 Å². The number of aliphatic hydroxyl groups excluding tert-OH is 1. The van der Waals surface area contributed by atoms with Gasteiger partial charge in [-0.25, -0.2) is 0 Å². The van der Waals surface area contributed by atoms with Crippen LogP contribution in [0.5, 0.6) is 0 Å². The molecule has 224 valence electrons. The summed E-state index contributed by atoms with van der Waals surface area (Å²) >= 11 is 0. The molecule has 0 amide bonds. The third-order valence-corrected chi connectivity index (χ3v) is 8.77. The Morgan fingerprint density at radius 2 is 0.541 bits per heavy atom. The van der Waals surface area contributed by atoms with Gasteiger partial charge in [-0.15, -0.1) is 0 Å². The Hall–Kier alpha value is -0.0400. The van der Waals surface area contributed by atoms with Crippen molar-refractivity contribution in [3.05, 3.63) is 0 Å². The number of hydrogen-bond donors (Lipinski definition) is 1. The number of unbranched alkanes of at least 4 members (excludes halogenated alkanes) is 27. The molecular weight excluding hydrogens is 448 g/mol. The van der Waals surface area contributed by atoms with Gasteiger partial charge in [-0.3, -0.25) is 0 Å². The SMILES string of the molecule is CCCCCCCCCCCCCCCCCC(O)C(C)CCCCCCCCCCCCCCCC. The van der Waals surface area contributed by atoms with Crippen molar-refractivity contribution in [2.45, 2.75) is 226 Å². The summed E-state index contributed by atoms with van der Waals surface area (Å²) in [6, 6.07) is 0. The average Bonchev–Trinajstić information content (AvgIpc) is 2.90. The van der Waals surface area contributed by atoms with E-state index < -0.39 is 0 Å². The third-order valence-electron chi connectivity index (χ3n) is 8.77. The Morgan fingerprint density at radius 1 is 0.324 bits per heavy atom. The Balaban J connectivity index is 3.27. The van der Waals surface area contributed by atoms with E-state index in [1.807, 2.05) is 0 Å². The van der Waals surface area contributed by atoms with Crippen LogP contribution < -0.4 is 0 Å². The molecule has 0 aromatic carbocycles. The second kappa shape index (κ2) is 32.2. The van der Waals surface area contributed by atoms with Crippen molar-refractivity contribution in [2.75, 3.05) is 0 Å². The standard InChI is InChI=1S/C36H74O/c1-4-6-8-10-12-14-16-18-20-22-24-26-28-30-32-34-36(37)35(3)33-31-29-27-25-23-21-19-17-15-13-11-9-7-5-2/h35-37H,4-34H2,1-3H3. The maximum absolute atomic E-state index is 10.5. The van der Waals surface area contributed by atoms with Gasteiger partial charge in [0, 0.05) is 0 Å². The van der Waals surface area contributed by atoms with E-state index in [0.29, 0.717) is 5.92 Å². The zero-order valence-corrected chi connectivity index (χ0v) is 26.5. The summed E-state index contributed by atoms with van der Waals surface area (Å²) in [6.45, 7) is 6.87. The number of hydrogen-bond acceptors (Lipinski definition) is 1. The van der Waals surface area contributed by atoms with Gasteiger partial charge in [0.05, 0.1) is 6.10 Å². The second-order valence-corrected chi connectivity index (χ2v) is 12.7. The highest BCUT2D eigenvalue weighted by Crippen LogP contribution is 2.20. The first-order valence-corrected chi connectivity index (χ1v) is 17.9. The molecule has 0 radical (unpaired) electrons. The van der Waals surface area contributed by atoms with Gasteiger partial charge >= 0.3 is 0 Å². The molecule has 1 heteroatoms. The zero-order chi connectivity index (χ0) is 27.1. The van der Waals surface area contributed by atoms with E-state index >= 15 is 0 Å². The lowest BCUT2D eigenvalue weighted by atomic mass is 9.93. The van der Waals surface area contributed by atoms with Crippen LogP contribution in [0.4, 0.5) is 0 Å². The van der Waals surface area contributed by atoms with Gasteiger partial charge in [0.2, 0.25) is 0 Å². The fourth-order valence-corrected chi connectivity index (χ4v) is 5.86. The lowest BCUT2D eigenvalue weighted by molar-refractivity contribution is 0.0985. The smallest absolute Gasteiger partial charge is 0.0565 e. The van der Waals surface area contributed by atoms with Crippen LogP contribution in [0.1, 0.15) is 220 Å². The normalized spacial score (nSPS) is 13.3. The predicted molar refractivity (Wildman–Crippen MR) is 170 cm³/mol. The molecule has 0 aliphatic rings. The molecule has 0 fully saturated rings. The molecule has 0 bridgehead atoms. The molecule has 0 aromatic heterocycles. The van der Waals surface area contributed by atoms with Crippen molar-refractivity contribution in [3.8, 4) is 0 Å². The number of aliphatic hydroxyl groups is 1. The lowest BCUT2D eigenvalue weighted by Gasteiger charge is -2.18. The van der Waals surface area contributed by atoms with Crippen molar-refractivity contribution in [3.63, 3.8) is 0 Å². The summed E-state index contributed by atoms with van der Waals surface area (Å²) in [5.41, 5.74) is 0. The minimum atomic E-state index is -0.0658. The Labute approximate surface area is 236 Å². The average molecular weight is 523 g/mol. The molecule has 0 heterocycles. The largest absolute Gasteiger partial charge is 0.393 e. The summed E-state index contributed by atoms with van der Waals surface area (Å²) in [4.78, 5) is 0. The molecule has 0 aliphatic carbocycles. The van der Waals surface area contributed by atoms with Gasteiger partial charge in [0.15, 0.2) is 0 Å². The Bertz CT molecular complexity index is 392. The Morgan fingerprint density at radius 3 is 0.811 bits per heavy atom. The van der Waals surface area contributed by atoms with Gasteiger partial charge in [-0.2, -0.15) is 0 Å². The highest BCUT2D eigenvalue weighted by atomic mass is 16.3. The van der Waals surface area contributed by atoms with Crippen LogP contribution in [-0.4, -0.2) is 11.2 Å². The molecular formula is C36H74O. The Kier molecular flexibility index (Phi) is 32.1. The first kappa shape index (κ1) is 37.0. The van der Waals surface area contributed by atoms with Crippen LogP contribution in [0.25, 0.3) is 0 Å². The molecule has 0 aromatic rings. The highest BCUT2D eigenvalue weighted by molar-refractivity contribution is 4.65. The zero-order valence-electron chi connectivity index (χ0n) is 26.5. The lowest BCUT2D eigenvalue weighted by Crippen LogP contribution is -2.17. The van der Waals surface area contributed by atoms with E-state index in [0.717, 1.165) is 6.42 Å². The van der Waals surface area contributed by atoms with Crippen molar-refractivity contribution in [1.82, 2.24) is 0 Å². The van der Waals surface area contributed by atoms with Crippen molar-refractivity contribution < 1.29 is 5.11 Å². The van der Waals surface area contributed by atoms with E-state index in [4.69, 9.17) is 0 Å². The first-order chi connectivity index (χ1) is 18.2. The van der Waals surface area contributed by atoms with Gasteiger partial charge < -0.3 is 5.11 Å². The van der Waals surface area contributed by atoms with Crippen molar-refractivity contribution >= 4 is 0 Å². The molecule has 0 rings (SSSR count). The van der Waals surface area contributed by atoms with Crippen LogP contribution in [0.3, 0.4) is 0 Å². The maximum Gasteiger partial charge on any atom is 0.0565 e. The molecule has 0 saturated heterocycles. The molecule has 0 aliphatic heterocycles. The molecule has 0 saturated carbocycles. The van der Waals surface area contributed by atoms with Crippen LogP contribution >= 0.6 is 0 Å². The van der Waals surface area contributed by atoms with E-state index in [1.54, 1.807) is 0 Å². The van der Waals surface area contributed by atoms with Gasteiger partial charge in [-0.05, 0) is 18.8 Å². The van der Waals surface area contributed by atoms with Gasteiger partial charge in [-0.1, -0.05) is 207 Å². The van der Waals surface area contributed by atoms with Gasteiger partial charge in [0.25, 0.3) is 0 Å². The predicted octanol–water partition coefficient (Wildman–Crippen LogP) is 13.1. The molecule has 1 N–H and O–H groups in total. The molecule has 37 heavy (non-hydrogen) atoms. The van der Waals surface area contributed by atoms with Crippen LogP contribution in [-0.2, 0) is 0 Å². The van der Waals surface area contributed by atoms with Crippen LogP contribution in [0, 0.1) is 5.92 Å². The van der Waals surface area contributed by atoms with Crippen molar-refractivity contribution in [1.29, 1.82) is 0 Å². The monoisotopic (exact) mass is 523 g/mol. The molecule has 1 nitrogen and oxygen atoms in total. The second-order valence-electron chi connectivity index (χ2n) is 12.7. The summed E-state index contributed by atoms with van der Waals surface area (Å²) < 4.78 is 0. The van der Waals surface area contributed by atoms with Crippen LogP contribution in [0.2, 0.25) is 0 Å². The van der Waals surface area contributed by atoms with E-state index in [1.165, 1.54) is 193 Å². The maximum atomic E-state index is 10.5. The van der Waals surface area contributed by atoms with Crippen LogP contribution in [0.15, 0.2) is 0 Å². The summed E-state index contributed by atoms with van der Waals surface area (Å²) in [6.07, 6.45) is 43.3. The highest BCUT2D eigenvalue weighted by Gasteiger charge is 2.13. The quantitative estimate of drug-likeness (QED) is 0.0871. The number of rotatable bonds is 32. The molecule has 2 unspecified atom stereocenters. The molecule has 0 spiro atoms. The fourth-order valence-electron chi connectivity index (χ4n) is 5.86. The summed E-state index contributed by atoms with van der Waals surface area (Å²) in [5.74, 6) is 0.490. The summed E-state index contributed by atoms with van der Waals surface area (Å²) in [5, 5.41) is 10.5. The first-order valence-electron chi connectivity index (χ1n) is 17.9. The minimum absolute atomic E-state index is 0.0658. The topological polar surface area (TPSA) is 20.2 Å². The summed E-state index contributed by atoms with van der Waals surface area (Å²) in [7, 11) is 0. The van der Waals surface area contributed by atoms with E-state index in [9.17, 15) is 5.11 Å². The minimum Gasteiger partial charge on any atom is -0.393 e. The third kappa shape index (κ3) is 30.4.